The smallest absolute Gasteiger partial charge is 0.344 e. The number of nitrogens with zero attached hydrogens (tertiary/aromatic N) is 1. The molecule has 32 heavy (non-hydrogen) atoms. The second kappa shape index (κ2) is 10.3. The number of benzene rings is 2. The first kappa shape index (κ1) is 23.3. The van der Waals surface area contributed by atoms with Crippen molar-refractivity contribution in [3.63, 3.8) is 0 Å². The molecule has 0 unspecified atom stereocenters. The zero-order valence-corrected chi connectivity index (χ0v) is 19.5. The van der Waals surface area contributed by atoms with Crippen molar-refractivity contribution < 1.29 is 28.6 Å². The van der Waals surface area contributed by atoms with Gasteiger partial charge in [-0.2, -0.15) is 0 Å². The van der Waals surface area contributed by atoms with E-state index in [0.717, 1.165) is 0 Å². The Morgan fingerprint density at radius 1 is 1.12 bits per heavy atom. The van der Waals surface area contributed by atoms with Gasteiger partial charge in [-0.15, -0.1) is 0 Å². The van der Waals surface area contributed by atoms with Crippen LogP contribution < -0.4 is 19.9 Å². The fourth-order valence-electron chi connectivity index (χ4n) is 2.95. The maximum atomic E-state index is 12.8. The second-order valence-electron chi connectivity index (χ2n) is 7.06. The number of rotatable bonds is 8. The molecule has 2 amide bonds. The molecule has 2 aromatic rings. The van der Waals surface area contributed by atoms with Crippen molar-refractivity contribution in [3.8, 4) is 11.5 Å². The third-order valence-corrected chi connectivity index (χ3v) is 4.97. The monoisotopic (exact) mass is 502 g/mol. The number of esters is 1. The lowest BCUT2D eigenvalue weighted by Gasteiger charge is -2.15. The summed E-state index contributed by atoms with van der Waals surface area (Å²) < 4.78 is 16.8. The highest BCUT2D eigenvalue weighted by Gasteiger charge is 2.34. The highest BCUT2D eigenvalue weighted by atomic mass is 79.9. The summed E-state index contributed by atoms with van der Waals surface area (Å²) >= 11 is 3.43. The van der Waals surface area contributed by atoms with Crippen molar-refractivity contribution in [3.05, 3.63) is 58.1 Å². The Kier molecular flexibility index (Phi) is 7.53. The molecule has 9 heteroatoms. The van der Waals surface area contributed by atoms with Crippen molar-refractivity contribution in [2.24, 2.45) is 0 Å². The normalized spacial score (nSPS) is 14.7. The summed E-state index contributed by atoms with van der Waals surface area (Å²) in [5.41, 5.74) is 3.64. The van der Waals surface area contributed by atoms with Gasteiger partial charge in [-0.3, -0.25) is 15.0 Å². The van der Waals surface area contributed by atoms with Gasteiger partial charge in [-0.1, -0.05) is 34.1 Å². The summed E-state index contributed by atoms with van der Waals surface area (Å²) in [6.07, 6.45) is 1.23. The lowest BCUT2D eigenvalue weighted by molar-refractivity contribution is -0.149. The van der Waals surface area contributed by atoms with Gasteiger partial charge in [-0.25, -0.2) is 9.80 Å². The molecular weight excluding hydrogens is 480 g/mol. The van der Waals surface area contributed by atoms with Crippen molar-refractivity contribution in [2.75, 3.05) is 18.2 Å². The predicted octanol–water partition coefficient (Wildman–Crippen LogP) is 3.64. The van der Waals surface area contributed by atoms with E-state index in [2.05, 4.69) is 21.4 Å². The summed E-state index contributed by atoms with van der Waals surface area (Å²) in [6.45, 7) is 5.38. The number of para-hydroxylation sites is 1. The van der Waals surface area contributed by atoms with Gasteiger partial charge in [-0.05, 0) is 56.7 Å². The van der Waals surface area contributed by atoms with Crippen LogP contribution in [-0.2, 0) is 19.1 Å². The minimum absolute atomic E-state index is 0.0221. The minimum Gasteiger partial charge on any atom is -0.490 e. The molecule has 3 rings (SSSR count). The average molecular weight is 503 g/mol. The van der Waals surface area contributed by atoms with Crippen LogP contribution >= 0.6 is 15.9 Å². The fourth-order valence-corrected chi connectivity index (χ4v) is 3.38. The topological polar surface area (TPSA) is 94.2 Å². The Balaban J connectivity index is 1.87. The molecular formula is C23H23BrN2O6. The van der Waals surface area contributed by atoms with E-state index in [-0.39, 0.29) is 18.3 Å². The van der Waals surface area contributed by atoms with E-state index in [1.807, 2.05) is 13.0 Å². The van der Waals surface area contributed by atoms with Crippen LogP contribution in [0.2, 0.25) is 0 Å². The molecule has 168 valence electrons. The number of hydrazine groups is 1. The molecule has 8 nitrogen and oxygen atoms in total. The van der Waals surface area contributed by atoms with Gasteiger partial charge in [0.2, 0.25) is 0 Å². The summed E-state index contributed by atoms with van der Waals surface area (Å²) in [5.74, 6) is -0.789. The van der Waals surface area contributed by atoms with Crippen LogP contribution in [0.5, 0.6) is 11.5 Å². The largest absolute Gasteiger partial charge is 0.490 e. The maximum absolute atomic E-state index is 12.8. The molecule has 0 atom stereocenters. The van der Waals surface area contributed by atoms with Crippen LogP contribution in [-0.4, -0.2) is 37.1 Å². The zero-order chi connectivity index (χ0) is 23.3. The number of hydrogen-bond acceptors (Lipinski definition) is 6. The maximum Gasteiger partial charge on any atom is 0.344 e. The number of anilines is 1. The van der Waals surface area contributed by atoms with Gasteiger partial charge in [0.15, 0.2) is 18.1 Å². The Morgan fingerprint density at radius 3 is 2.47 bits per heavy atom. The molecule has 0 saturated carbocycles. The lowest BCUT2D eigenvalue weighted by atomic mass is 10.1. The molecule has 1 saturated heterocycles. The molecule has 0 spiro atoms. The minimum atomic E-state index is -0.513. The van der Waals surface area contributed by atoms with Crippen molar-refractivity contribution in [1.29, 1.82) is 0 Å². The van der Waals surface area contributed by atoms with E-state index in [9.17, 15) is 14.4 Å². The number of ether oxygens (including phenoxy) is 3. The van der Waals surface area contributed by atoms with E-state index >= 15 is 0 Å². The summed E-state index contributed by atoms with van der Waals surface area (Å²) in [4.78, 5) is 37.1. The molecule has 0 aromatic heterocycles. The quantitative estimate of drug-likeness (QED) is 0.336. The van der Waals surface area contributed by atoms with E-state index in [4.69, 9.17) is 14.2 Å². The molecule has 1 heterocycles. The Hall–Kier alpha value is -3.33. The van der Waals surface area contributed by atoms with Crippen LogP contribution in [0.1, 0.15) is 26.3 Å². The first-order valence-electron chi connectivity index (χ1n) is 10.0. The molecule has 1 aliphatic heterocycles. The van der Waals surface area contributed by atoms with Crippen LogP contribution in [0.15, 0.2) is 52.5 Å². The molecule has 1 fully saturated rings. The number of halogens is 1. The first-order chi connectivity index (χ1) is 15.3. The molecule has 1 aliphatic rings. The van der Waals surface area contributed by atoms with Crippen molar-refractivity contribution in [2.45, 2.75) is 26.9 Å². The third kappa shape index (κ3) is 5.47. The third-order valence-electron chi connectivity index (χ3n) is 4.28. The summed E-state index contributed by atoms with van der Waals surface area (Å²) in [7, 11) is 0. The fraction of sp³-hybridized carbons (Fsp3) is 0.261. The van der Waals surface area contributed by atoms with Gasteiger partial charge >= 0.3 is 5.97 Å². The number of carbonyl (C=O) groups excluding carboxylic acids is 3. The van der Waals surface area contributed by atoms with E-state index in [0.29, 0.717) is 33.8 Å². The SMILES string of the molecule is CCOc1cc(/C=C2/C(=O)NN(c3ccccc3)C2=O)c(Br)cc1OCC(=O)OC(C)C. The van der Waals surface area contributed by atoms with Crippen molar-refractivity contribution >= 4 is 45.5 Å². The van der Waals surface area contributed by atoms with Crippen LogP contribution in [0, 0.1) is 0 Å². The lowest BCUT2D eigenvalue weighted by Crippen LogP contribution is -2.35. The second-order valence-corrected chi connectivity index (χ2v) is 7.91. The van der Waals surface area contributed by atoms with E-state index in [1.165, 1.54) is 11.1 Å². The standard InChI is InChI=1S/C23H23BrN2O6/c1-4-30-19-11-15(18(24)12-20(19)31-13-21(27)32-14(2)3)10-17-22(28)25-26(23(17)29)16-8-6-5-7-9-16/h5-12,14H,4,13H2,1-3H3,(H,25,28)/b17-10-. The number of carbonyl (C=O) groups is 3. The van der Waals surface area contributed by atoms with Gasteiger partial charge < -0.3 is 14.2 Å². The van der Waals surface area contributed by atoms with Crippen LogP contribution in [0.25, 0.3) is 6.08 Å². The number of amides is 2. The Morgan fingerprint density at radius 2 is 1.81 bits per heavy atom. The summed E-state index contributed by atoms with van der Waals surface area (Å²) in [5, 5.41) is 1.20. The van der Waals surface area contributed by atoms with Crippen LogP contribution in [0.4, 0.5) is 5.69 Å². The highest BCUT2D eigenvalue weighted by Crippen LogP contribution is 2.35. The Labute approximate surface area is 194 Å². The van der Waals surface area contributed by atoms with Gasteiger partial charge in [0.25, 0.3) is 11.8 Å². The predicted molar refractivity (Wildman–Crippen MR) is 122 cm³/mol. The van der Waals surface area contributed by atoms with Crippen LogP contribution in [0.3, 0.4) is 0 Å². The van der Waals surface area contributed by atoms with Crippen molar-refractivity contribution in [1.82, 2.24) is 5.43 Å². The molecule has 1 N–H and O–H groups in total. The van der Waals surface area contributed by atoms with E-state index in [1.54, 1.807) is 50.2 Å². The molecule has 0 radical (unpaired) electrons. The average Bonchev–Trinajstić information content (AvgIpc) is 3.03. The van der Waals surface area contributed by atoms with Gasteiger partial charge in [0, 0.05) is 4.47 Å². The first-order valence-corrected chi connectivity index (χ1v) is 10.8. The molecule has 2 aromatic carbocycles. The molecule has 0 aliphatic carbocycles. The Bertz CT molecular complexity index is 1050. The van der Waals surface area contributed by atoms with E-state index < -0.39 is 17.8 Å². The van der Waals surface area contributed by atoms with Gasteiger partial charge in [0.05, 0.1) is 18.4 Å². The number of nitrogens with one attached hydrogen (secondary N) is 1. The molecule has 0 bridgehead atoms. The number of hydrogen-bond donors (Lipinski definition) is 1. The zero-order valence-electron chi connectivity index (χ0n) is 17.9. The highest BCUT2D eigenvalue weighted by molar-refractivity contribution is 9.10. The summed E-state index contributed by atoms with van der Waals surface area (Å²) in [6, 6.07) is 12.1. The van der Waals surface area contributed by atoms with Gasteiger partial charge in [0.1, 0.15) is 5.57 Å².